The van der Waals surface area contributed by atoms with Gasteiger partial charge in [0.25, 0.3) is 5.91 Å². The van der Waals surface area contributed by atoms with Crippen molar-refractivity contribution in [2.75, 3.05) is 19.4 Å². The second-order valence-electron chi connectivity index (χ2n) is 6.91. The number of benzene rings is 2. The summed E-state index contributed by atoms with van der Waals surface area (Å²) in [5.41, 5.74) is 4.06. The highest BCUT2D eigenvalue weighted by Crippen LogP contribution is 2.26. The van der Waals surface area contributed by atoms with Gasteiger partial charge < -0.3 is 5.32 Å². The Hall–Kier alpha value is -3.11. The third-order valence-electron chi connectivity index (χ3n) is 4.72. The molecule has 0 radical (unpaired) electrons. The highest BCUT2D eigenvalue weighted by Gasteiger charge is 2.20. The van der Waals surface area contributed by atoms with Crippen molar-refractivity contribution in [3.05, 3.63) is 58.9 Å². The molecule has 2 aromatic carbocycles. The molecule has 0 saturated heterocycles. The SMILES string of the molecule is Cc1cc(C(=O)Nc2cc(S(=O)(=O)N(C)C)cc(C)c2C)ccc1-n1cnnn1. The molecule has 3 aromatic rings. The normalized spacial score (nSPS) is 11.7. The maximum atomic E-state index is 12.8. The molecule has 0 aliphatic heterocycles. The Morgan fingerprint density at radius 2 is 1.79 bits per heavy atom. The molecule has 152 valence electrons. The maximum absolute atomic E-state index is 12.8. The fourth-order valence-corrected chi connectivity index (χ4v) is 3.85. The predicted octanol–water partition coefficient (Wildman–Crippen LogP) is 2.09. The van der Waals surface area contributed by atoms with Crippen LogP contribution in [-0.4, -0.2) is 52.9 Å². The highest BCUT2D eigenvalue weighted by atomic mass is 32.2. The average Bonchev–Trinajstić information content (AvgIpc) is 3.19. The molecule has 29 heavy (non-hydrogen) atoms. The Morgan fingerprint density at radius 1 is 1.07 bits per heavy atom. The van der Waals surface area contributed by atoms with Crippen LogP contribution in [0.5, 0.6) is 0 Å². The van der Waals surface area contributed by atoms with Crippen molar-refractivity contribution in [2.45, 2.75) is 25.7 Å². The van der Waals surface area contributed by atoms with Crippen molar-refractivity contribution in [2.24, 2.45) is 0 Å². The quantitative estimate of drug-likeness (QED) is 0.684. The van der Waals surface area contributed by atoms with E-state index in [0.29, 0.717) is 11.3 Å². The molecule has 0 unspecified atom stereocenters. The summed E-state index contributed by atoms with van der Waals surface area (Å²) in [4.78, 5) is 12.9. The fourth-order valence-electron chi connectivity index (χ4n) is 2.84. The Labute approximate surface area is 169 Å². The Kier molecular flexibility index (Phi) is 5.49. The minimum atomic E-state index is -3.62. The Bertz CT molecular complexity index is 1170. The zero-order valence-corrected chi connectivity index (χ0v) is 17.6. The standard InChI is InChI=1S/C19H22N6O3S/c1-12-9-16(29(27,28)24(4)5)10-17(14(12)3)21-19(26)15-6-7-18(13(2)8-15)25-11-20-22-23-25/h6-11H,1-5H3,(H,21,26). The van der Waals surface area contributed by atoms with Gasteiger partial charge in [0.2, 0.25) is 10.0 Å². The number of aryl methyl sites for hydroxylation is 2. The van der Waals surface area contributed by atoms with Gasteiger partial charge in [-0.2, -0.15) is 0 Å². The number of nitrogens with one attached hydrogen (secondary N) is 1. The predicted molar refractivity (Wildman–Crippen MR) is 109 cm³/mol. The van der Waals surface area contributed by atoms with Crippen LogP contribution in [0.2, 0.25) is 0 Å². The lowest BCUT2D eigenvalue weighted by molar-refractivity contribution is 0.102. The number of rotatable bonds is 5. The van der Waals surface area contributed by atoms with E-state index in [0.717, 1.165) is 26.7 Å². The topological polar surface area (TPSA) is 110 Å². The molecular weight excluding hydrogens is 392 g/mol. The zero-order valence-electron chi connectivity index (χ0n) is 16.8. The number of sulfonamides is 1. The molecule has 3 rings (SSSR count). The van der Waals surface area contributed by atoms with Gasteiger partial charge in [0.05, 0.1) is 10.6 Å². The molecule has 0 aliphatic rings. The van der Waals surface area contributed by atoms with Gasteiger partial charge in [-0.05, 0) is 78.2 Å². The first-order valence-electron chi connectivity index (χ1n) is 8.80. The summed E-state index contributed by atoms with van der Waals surface area (Å²) in [5, 5.41) is 13.9. The molecular formula is C19H22N6O3S. The molecule has 1 N–H and O–H groups in total. The van der Waals surface area contributed by atoms with Gasteiger partial charge in [0, 0.05) is 25.3 Å². The summed E-state index contributed by atoms with van der Waals surface area (Å²) in [7, 11) is -0.676. The van der Waals surface area contributed by atoms with Gasteiger partial charge in [-0.3, -0.25) is 4.79 Å². The van der Waals surface area contributed by atoms with Crippen LogP contribution in [0.4, 0.5) is 5.69 Å². The van der Waals surface area contributed by atoms with E-state index >= 15 is 0 Å². The van der Waals surface area contributed by atoms with Crippen LogP contribution in [0.1, 0.15) is 27.0 Å². The highest BCUT2D eigenvalue weighted by molar-refractivity contribution is 7.89. The van der Waals surface area contributed by atoms with Crippen LogP contribution in [-0.2, 0) is 10.0 Å². The van der Waals surface area contributed by atoms with Crippen molar-refractivity contribution in [1.82, 2.24) is 24.5 Å². The molecule has 0 aliphatic carbocycles. The van der Waals surface area contributed by atoms with Gasteiger partial charge in [-0.25, -0.2) is 17.4 Å². The number of hydrogen-bond acceptors (Lipinski definition) is 6. The van der Waals surface area contributed by atoms with Crippen LogP contribution in [0, 0.1) is 20.8 Å². The van der Waals surface area contributed by atoms with Crippen LogP contribution < -0.4 is 5.32 Å². The maximum Gasteiger partial charge on any atom is 0.255 e. The van der Waals surface area contributed by atoms with E-state index in [1.807, 2.05) is 20.8 Å². The third kappa shape index (κ3) is 4.03. The summed E-state index contributed by atoms with van der Waals surface area (Å²) in [6.07, 6.45) is 1.48. The molecule has 1 aromatic heterocycles. The Morgan fingerprint density at radius 3 is 2.38 bits per heavy atom. The fraction of sp³-hybridized carbons (Fsp3) is 0.263. The van der Waals surface area contributed by atoms with Crippen LogP contribution in [0.25, 0.3) is 5.69 Å². The summed E-state index contributed by atoms with van der Waals surface area (Å²) < 4.78 is 27.6. The molecule has 0 fully saturated rings. The monoisotopic (exact) mass is 414 g/mol. The smallest absolute Gasteiger partial charge is 0.255 e. The molecule has 0 spiro atoms. The Balaban J connectivity index is 1.93. The molecule has 0 atom stereocenters. The molecule has 9 nitrogen and oxygen atoms in total. The van der Waals surface area contributed by atoms with Gasteiger partial charge in [-0.1, -0.05) is 0 Å². The number of carbonyl (C=O) groups excluding carboxylic acids is 1. The number of anilines is 1. The van der Waals surface area contributed by atoms with Gasteiger partial charge in [0.15, 0.2) is 0 Å². The van der Waals surface area contributed by atoms with E-state index in [4.69, 9.17) is 0 Å². The number of nitrogens with zero attached hydrogens (tertiary/aromatic N) is 5. The largest absolute Gasteiger partial charge is 0.322 e. The molecule has 10 heteroatoms. The van der Waals surface area contributed by atoms with Crippen molar-refractivity contribution in [3.8, 4) is 5.69 Å². The molecule has 1 amide bonds. The van der Waals surface area contributed by atoms with E-state index in [1.54, 1.807) is 24.3 Å². The summed E-state index contributed by atoms with van der Waals surface area (Å²) in [5.74, 6) is -0.335. The van der Waals surface area contributed by atoms with Crippen LogP contribution in [0.15, 0.2) is 41.6 Å². The van der Waals surface area contributed by atoms with Crippen LogP contribution in [0.3, 0.4) is 0 Å². The summed E-state index contributed by atoms with van der Waals surface area (Å²) >= 11 is 0. The number of carbonyl (C=O) groups is 1. The van der Waals surface area contributed by atoms with Crippen molar-refractivity contribution in [1.29, 1.82) is 0 Å². The number of hydrogen-bond donors (Lipinski definition) is 1. The lowest BCUT2D eigenvalue weighted by atomic mass is 10.1. The third-order valence-corrected chi connectivity index (χ3v) is 6.52. The summed E-state index contributed by atoms with van der Waals surface area (Å²) in [6.45, 7) is 5.50. The minimum Gasteiger partial charge on any atom is -0.322 e. The molecule has 0 bridgehead atoms. The lowest BCUT2D eigenvalue weighted by Gasteiger charge is -2.16. The second-order valence-corrected chi connectivity index (χ2v) is 9.06. The van der Waals surface area contributed by atoms with Crippen molar-refractivity contribution < 1.29 is 13.2 Å². The van der Waals surface area contributed by atoms with E-state index in [2.05, 4.69) is 20.8 Å². The van der Waals surface area contributed by atoms with Gasteiger partial charge >= 0.3 is 0 Å². The number of tetrazole rings is 1. The van der Waals surface area contributed by atoms with Gasteiger partial charge in [-0.15, -0.1) is 5.10 Å². The average molecular weight is 414 g/mol. The first-order valence-corrected chi connectivity index (χ1v) is 10.2. The number of aromatic nitrogens is 4. The van der Waals surface area contributed by atoms with Gasteiger partial charge in [0.1, 0.15) is 6.33 Å². The van der Waals surface area contributed by atoms with Crippen molar-refractivity contribution >= 4 is 21.6 Å². The van der Waals surface area contributed by atoms with E-state index in [1.165, 1.54) is 31.2 Å². The number of amides is 1. The first-order chi connectivity index (χ1) is 13.6. The molecule has 0 saturated carbocycles. The van der Waals surface area contributed by atoms with E-state index < -0.39 is 10.0 Å². The lowest BCUT2D eigenvalue weighted by Crippen LogP contribution is -2.23. The first kappa shape index (κ1) is 20.6. The van der Waals surface area contributed by atoms with E-state index in [-0.39, 0.29) is 10.8 Å². The second kappa shape index (κ2) is 7.72. The van der Waals surface area contributed by atoms with Crippen molar-refractivity contribution in [3.63, 3.8) is 0 Å². The van der Waals surface area contributed by atoms with E-state index in [9.17, 15) is 13.2 Å². The van der Waals surface area contributed by atoms with Crippen LogP contribution >= 0.6 is 0 Å². The zero-order chi connectivity index (χ0) is 21.3. The summed E-state index contributed by atoms with van der Waals surface area (Å²) in [6, 6.07) is 8.24. The minimum absolute atomic E-state index is 0.131. The molecule has 1 heterocycles.